The van der Waals surface area contributed by atoms with Crippen LogP contribution in [0.1, 0.15) is 44.5 Å². The lowest BCUT2D eigenvalue weighted by molar-refractivity contribution is -0.119. The molecule has 0 saturated heterocycles. The second kappa shape index (κ2) is 8.35. The maximum absolute atomic E-state index is 12.3. The number of anilines is 1. The third kappa shape index (κ3) is 4.36. The second-order valence-corrected chi connectivity index (χ2v) is 7.64. The number of fused-ring (bicyclic) bond motifs is 1. The SMILES string of the molecule is COC(=O)c1c(NC(=O)COC(=O)c2ccccc2)sc2c1CC[C@@H](C)C2. The molecule has 0 bridgehead atoms. The Morgan fingerprint density at radius 2 is 1.93 bits per heavy atom. The fourth-order valence-electron chi connectivity index (χ4n) is 3.11. The van der Waals surface area contributed by atoms with Gasteiger partial charge in [0.1, 0.15) is 5.00 Å². The predicted octanol–water partition coefficient (Wildman–Crippen LogP) is 3.46. The number of hydrogen-bond acceptors (Lipinski definition) is 6. The first-order valence-corrected chi connectivity index (χ1v) is 9.56. The van der Waals surface area contributed by atoms with E-state index in [1.54, 1.807) is 30.3 Å². The number of methoxy groups -OCH3 is 1. The molecule has 0 unspecified atom stereocenters. The van der Waals surface area contributed by atoms with Gasteiger partial charge in [-0.05, 0) is 42.9 Å². The summed E-state index contributed by atoms with van der Waals surface area (Å²) in [7, 11) is 1.32. The van der Waals surface area contributed by atoms with Crippen LogP contribution in [0.2, 0.25) is 0 Å². The Morgan fingerprint density at radius 1 is 1.19 bits per heavy atom. The molecule has 1 heterocycles. The Balaban J connectivity index is 1.70. The zero-order valence-electron chi connectivity index (χ0n) is 15.2. The summed E-state index contributed by atoms with van der Waals surface area (Å²) in [6, 6.07) is 8.46. The number of rotatable bonds is 5. The van der Waals surface area contributed by atoms with Crippen molar-refractivity contribution in [3.8, 4) is 0 Å². The van der Waals surface area contributed by atoms with Crippen LogP contribution in [-0.2, 0) is 27.1 Å². The number of nitrogens with one attached hydrogen (secondary N) is 1. The largest absolute Gasteiger partial charge is 0.465 e. The summed E-state index contributed by atoms with van der Waals surface area (Å²) in [6.45, 7) is 1.75. The van der Waals surface area contributed by atoms with Crippen molar-refractivity contribution in [2.45, 2.75) is 26.2 Å². The highest BCUT2D eigenvalue weighted by Gasteiger charge is 2.29. The zero-order chi connectivity index (χ0) is 19.4. The summed E-state index contributed by atoms with van der Waals surface area (Å²) in [4.78, 5) is 37.5. The van der Waals surface area contributed by atoms with Crippen molar-refractivity contribution in [3.05, 3.63) is 51.9 Å². The monoisotopic (exact) mass is 387 g/mol. The molecular formula is C20H21NO5S. The lowest BCUT2D eigenvalue weighted by Crippen LogP contribution is -2.21. The third-order valence-corrected chi connectivity index (χ3v) is 5.67. The minimum Gasteiger partial charge on any atom is -0.465 e. The van der Waals surface area contributed by atoms with Crippen LogP contribution in [0.4, 0.5) is 5.00 Å². The van der Waals surface area contributed by atoms with E-state index >= 15 is 0 Å². The van der Waals surface area contributed by atoms with Gasteiger partial charge >= 0.3 is 11.9 Å². The molecule has 0 aliphatic heterocycles. The van der Waals surface area contributed by atoms with Crippen molar-refractivity contribution in [3.63, 3.8) is 0 Å². The Bertz CT molecular complexity index is 859. The van der Waals surface area contributed by atoms with Crippen LogP contribution < -0.4 is 5.32 Å². The highest BCUT2D eigenvalue weighted by atomic mass is 32.1. The first-order valence-electron chi connectivity index (χ1n) is 8.74. The van der Waals surface area contributed by atoms with Crippen LogP contribution in [0.5, 0.6) is 0 Å². The smallest absolute Gasteiger partial charge is 0.341 e. The molecule has 1 aliphatic carbocycles. The summed E-state index contributed by atoms with van der Waals surface area (Å²) in [5, 5.41) is 3.17. The van der Waals surface area contributed by atoms with Crippen LogP contribution in [0.3, 0.4) is 0 Å². The average molecular weight is 387 g/mol. The molecule has 1 aromatic carbocycles. The molecule has 1 amide bonds. The molecule has 27 heavy (non-hydrogen) atoms. The van der Waals surface area contributed by atoms with Crippen LogP contribution in [0, 0.1) is 5.92 Å². The Hall–Kier alpha value is -2.67. The highest BCUT2D eigenvalue weighted by Crippen LogP contribution is 2.40. The third-order valence-electron chi connectivity index (χ3n) is 4.50. The van der Waals surface area contributed by atoms with Gasteiger partial charge in [0.05, 0.1) is 18.2 Å². The fraction of sp³-hybridized carbons (Fsp3) is 0.350. The van der Waals surface area contributed by atoms with E-state index in [9.17, 15) is 14.4 Å². The maximum Gasteiger partial charge on any atom is 0.341 e. The van der Waals surface area contributed by atoms with E-state index in [0.29, 0.717) is 22.0 Å². The van der Waals surface area contributed by atoms with Gasteiger partial charge in [0.25, 0.3) is 5.91 Å². The number of hydrogen-bond donors (Lipinski definition) is 1. The minimum atomic E-state index is -0.571. The van der Waals surface area contributed by atoms with E-state index in [4.69, 9.17) is 9.47 Å². The van der Waals surface area contributed by atoms with Crippen LogP contribution in [-0.4, -0.2) is 31.6 Å². The van der Waals surface area contributed by atoms with Gasteiger partial charge < -0.3 is 14.8 Å². The van der Waals surface area contributed by atoms with Crippen molar-refractivity contribution in [2.24, 2.45) is 5.92 Å². The van der Waals surface area contributed by atoms with Gasteiger partial charge in [-0.15, -0.1) is 11.3 Å². The molecule has 142 valence electrons. The van der Waals surface area contributed by atoms with E-state index in [0.717, 1.165) is 29.7 Å². The van der Waals surface area contributed by atoms with Gasteiger partial charge in [0.15, 0.2) is 6.61 Å². The Labute approximate surface area is 161 Å². The molecule has 2 aromatic rings. The summed E-state index contributed by atoms with van der Waals surface area (Å²) in [6.07, 6.45) is 2.66. The van der Waals surface area contributed by atoms with Gasteiger partial charge in [0.2, 0.25) is 0 Å². The predicted molar refractivity (Wildman–Crippen MR) is 102 cm³/mol. The normalized spacial score (nSPS) is 15.6. The summed E-state index contributed by atoms with van der Waals surface area (Å²) in [5.74, 6) is -0.982. The lowest BCUT2D eigenvalue weighted by Gasteiger charge is -2.18. The first-order chi connectivity index (χ1) is 13.0. The highest BCUT2D eigenvalue weighted by molar-refractivity contribution is 7.17. The second-order valence-electron chi connectivity index (χ2n) is 6.54. The molecule has 1 N–H and O–H groups in total. The van der Waals surface area contributed by atoms with Gasteiger partial charge in [-0.1, -0.05) is 25.1 Å². The summed E-state index contributed by atoms with van der Waals surface area (Å²) >= 11 is 1.40. The van der Waals surface area contributed by atoms with Crippen LogP contribution in [0.15, 0.2) is 30.3 Å². The molecule has 0 spiro atoms. The van der Waals surface area contributed by atoms with Gasteiger partial charge in [-0.3, -0.25) is 4.79 Å². The molecule has 7 heteroatoms. The Kier molecular flexibility index (Phi) is 5.91. The topological polar surface area (TPSA) is 81.7 Å². The molecule has 3 rings (SSSR count). The van der Waals surface area contributed by atoms with Crippen molar-refractivity contribution in [1.82, 2.24) is 0 Å². The average Bonchev–Trinajstić information content (AvgIpc) is 3.02. The molecule has 6 nitrogen and oxygen atoms in total. The number of carbonyl (C=O) groups is 3. The minimum absolute atomic E-state index is 0.376. The maximum atomic E-state index is 12.3. The molecule has 1 aromatic heterocycles. The van der Waals surface area contributed by atoms with E-state index in [-0.39, 0.29) is 0 Å². The zero-order valence-corrected chi connectivity index (χ0v) is 16.1. The standard InChI is InChI=1S/C20H21NO5S/c1-12-8-9-14-15(10-12)27-18(17(14)20(24)25-2)21-16(22)11-26-19(23)13-6-4-3-5-7-13/h3-7,12H,8-11H2,1-2H3,(H,21,22)/t12-/m1/s1. The van der Waals surface area contributed by atoms with Gasteiger partial charge in [-0.25, -0.2) is 9.59 Å². The quantitative estimate of drug-likeness (QED) is 0.795. The van der Waals surface area contributed by atoms with E-state index in [1.165, 1.54) is 18.4 Å². The van der Waals surface area contributed by atoms with Crippen molar-refractivity contribution < 1.29 is 23.9 Å². The van der Waals surface area contributed by atoms with Gasteiger partial charge in [0, 0.05) is 4.88 Å². The van der Waals surface area contributed by atoms with E-state index < -0.39 is 24.5 Å². The number of thiophene rings is 1. The van der Waals surface area contributed by atoms with E-state index in [2.05, 4.69) is 12.2 Å². The molecule has 0 saturated carbocycles. The lowest BCUT2D eigenvalue weighted by atomic mass is 9.88. The molecule has 1 atom stereocenters. The number of ether oxygens (including phenoxy) is 2. The fourth-order valence-corrected chi connectivity index (χ4v) is 4.52. The molecular weight excluding hydrogens is 366 g/mol. The van der Waals surface area contributed by atoms with E-state index in [1.807, 2.05) is 0 Å². The van der Waals surface area contributed by atoms with Gasteiger partial charge in [-0.2, -0.15) is 0 Å². The first kappa shape index (κ1) is 19.1. The number of amides is 1. The molecule has 1 aliphatic rings. The van der Waals surface area contributed by atoms with Crippen molar-refractivity contribution in [2.75, 3.05) is 19.0 Å². The van der Waals surface area contributed by atoms with Crippen molar-refractivity contribution >= 4 is 34.2 Å². The number of carbonyl (C=O) groups excluding carboxylic acids is 3. The number of esters is 2. The Morgan fingerprint density at radius 3 is 2.63 bits per heavy atom. The summed E-state index contributed by atoms with van der Waals surface area (Å²) in [5.41, 5.74) is 1.76. The van der Waals surface area contributed by atoms with Crippen LogP contribution >= 0.6 is 11.3 Å². The number of benzene rings is 1. The van der Waals surface area contributed by atoms with Crippen molar-refractivity contribution in [1.29, 1.82) is 0 Å². The molecule has 0 fully saturated rings. The van der Waals surface area contributed by atoms with Crippen LogP contribution in [0.25, 0.3) is 0 Å². The summed E-state index contributed by atoms with van der Waals surface area (Å²) < 4.78 is 9.94. The molecule has 0 radical (unpaired) electrons.